The number of likely N-dealkylation sites (N-methyl/N-ethyl adjacent to an activating group) is 1. The fourth-order valence-electron chi connectivity index (χ4n) is 2.77. The summed E-state index contributed by atoms with van der Waals surface area (Å²) in [5.41, 5.74) is 0.939. The molecule has 2 rings (SSSR count). The number of rotatable bonds is 8. The van der Waals surface area contributed by atoms with E-state index in [4.69, 9.17) is 11.6 Å². The lowest BCUT2D eigenvalue weighted by Gasteiger charge is -2.26. The lowest BCUT2D eigenvalue weighted by Crippen LogP contribution is -2.42. The summed E-state index contributed by atoms with van der Waals surface area (Å²) in [5.74, 6) is -0.972. The van der Waals surface area contributed by atoms with E-state index in [1.54, 1.807) is 12.1 Å². The number of hydrogen-bond acceptors (Lipinski definition) is 3. The highest BCUT2D eigenvalue weighted by atomic mass is 35.5. The molecule has 0 saturated heterocycles. The van der Waals surface area contributed by atoms with Crippen molar-refractivity contribution in [3.05, 3.63) is 64.4 Å². The first kappa shape index (κ1) is 22.3. The summed E-state index contributed by atoms with van der Waals surface area (Å²) in [6.07, 6.45) is 0. The van der Waals surface area contributed by atoms with E-state index in [1.807, 2.05) is 20.8 Å². The fourth-order valence-corrected chi connectivity index (χ4v) is 4.35. The van der Waals surface area contributed by atoms with E-state index in [2.05, 4.69) is 0 Å². The molecule has 0 radical (unpaired) electrons. The Balaban J connectivity index is 2.46. The number of nitrogens with zero attached hydrogens (tertiary/aromatic N) is 2. The second-order valence-electron chi connectivity index (χ2n) is 6.35. The van der Waals surface area contributed by atoms with E-state index in [0.717, 1.165) is 9.87 Å². The molecular weight excluding hydrogens is 403 g/mol. The fraction of sp³-hybridized carbons (Fsp3) is 0.350. The maximum atomic E-state index is 14.3. The smallest absolute Gasteiger partial charge is 0.243 e. The standard InChI is InChI=1S/C20H24ClFN2O3S/c1-4-23(5-2)20(25)14-24(13-17-18(21)7-6-8-19(17)22)28(26,27)16-11-9-15(3)10-12-16/h6-12H,4-5,13-14H2,1-3H3. The number of sulfonamides is 1. The number of amides is 1. The van der Waals surface area contributed by atoms with Gasteiger partial charge in [0.25, 0.3) is 0 Å². The molecule has 0 aliphatic rings. The van der Waals surface area contributed by atoms with Crippen molar-refractivity contribution < 1.29 is 17.6 Å². The molecule has 5 nitrogen and oxygen atoms in total. The summed E-state index contributed by atoms with van der Waals surface area (Å²) >= 11 is 6.09. The average molecular weight is 427 g/mol. The zero-order chi connectivity index (χ0) is 20.9. The SMILES string of the molecule is CCN(CC)C(=O)CN(Cc1c(F)cccc1Cl)S(=O)(=O)c1ccc(C)cc1. The first-order valence-electron chi connectivity index (χ1n) is 8.98. The Kier molecular flexibility index (Phi) is 7.57. The van der Waals surface area contributed by atoms with Gasteiger partial charge in [-0.25, -0.2) is 12.8 Å². The predicted octanol–water partition coefficient (Wildman–Crippen LogP) is 3.85. The van der Waals surface area contributed by atoms with E-state index in [1.165, 1.54) is 35.2 Å². The molecular formula is C20H24ClFN2O3S. The van der Waals surface area contributed by atoms with Crippen molar-refractivity contribution in [2.75, 3.05) is 19.6 Å². The number of halogens is 2. The third-order valence-electron chi connectivity index (χ3n) is 4.48. The second kappa shape index (κ2) is 9.49. The molecule has 2 aromatic carbocycles. The van der Waals surface area contributed by atoms with Crippen LogP contribution in [0.1, 0.15) is 25.0 Å². The maximum Gasteiger partial charge on any atom is 0.243 e. The lowest BCUT2D eigenvalue weighted by atomic mass is 10.2. The predicted molar refractivity (Wildman–Crippen MR) is 108 cm³/mol. The van der Waals surface area contributed by atoms with Crippen molar-refractivity contribution >= 4 is 27.5 Å². The third-order valence-corrected chi connectivity index (χ3v) is 6.64. The van der Waals surface area contributed by atoms with Gasteiger partial charge in [0.05, 0.1) is 11.4 Å². The molecule has 8 heteroatoms. The molecule has 0 aliphatic carbocycles. The van der Waals surface area contributed by atoms with Gasteiger partial charge in [-0.2, -0.15) is 4.31 Å². The Hall–Kier alpha value is -1.96. The van der Waals surface area contributed by atoms with E-state index >= 15 is 0 Å². The molecule has 0 atom stereocenters. The lowest BCUT2D eigenvalue weighted by molar-refractivity contribution is -0.131. The third kappa shape index (κ3) is 5.10. The largest absolute Gasteiger partial charge is 0.342 e. The number of carbonyl (C=O) groups is 1. The van der Waals surface area contributed by atoms with Crippen LogP contribution in [0.5, 0.6) is 0 Å². The molecule has 0 heterocycles. The van der Waals surface area contributed by atoms with Crippen molar-refractivity contribution in [1.29, 1.82) is 0 Å². The minimum atomic E-state index is -4.03. The summed E-state index contributed by atoms with van der Waals surface area (Å²) in [6.45, 7) is 5.64. The van der Waals surface area contributed by atoms with Crippen LogP contribution in [0.2, 0.25) is 5.02 Å². The Labute approximate surface area is 170 Å². The van der Waals surface area contributed by atoms with Crippen molar-refractivity contribution in [3.63, 3.8) is 0 Å². The highest BCUT2D eigenvalue weighted by molar-refractivity contribution is 7.89. The molecule has 1 amide bonds. The van der Waals surface area contributed by atoms with Gasteiger partial charge in [0.15, 0.2) is 0 Å². The molecule has 0 unspecified atom stereocenters. The van der Waals surface area contributed by atoms with Crippen molar-refractivity contribution in [2.45, 2.75) is 32.2 Å². The summed E-state index contributed by atoms with van der Waals surface area (Å²) in [4.78, 5) is 14.2. The van der Waals surface area contributed by atoms with Gasteiger partial charge in [0, 0.05) is 30.2 Å². The van der Waals surface area contributed by atoms with Crippen molar-refractivity contribution in [3.8, 4) is 0 Å². The van der Waals surface area contributed by atoms with Crippen molar-refractivity contribution in [1.82, 2.24) is 9.21 Å². The zero-order valence-electron chi connectivity index (χ0n) is 16.2. The normalized spacial score (nSPS) is 11.6. The topological polar surface area (TPSA) is 57.7 Å². The van der Waals surface area contributed by atoms with Gasteiger partial charge >= 0.3 is 0 Å². The quantitative estimate of drug-likeness (QED) is 0.644. The van der Waals surface area contributed by atoms with E-state index in [-0.39, 0.29) is 27.9 Å². The molecule has 2 aromatic rings. The van der Waals surface area contributed by atoms with Crippen LogP contribution in [0.25, 0.3) is 0 Å². The number of carbonyl (C=O) groups excluding carboxylic acids is 1. The average Bonchev–Trinajstić information content (AvgIpc) is 2.65. The van der Waals surface area contributed by atoms with Gasteiger partial charge in [-0.1, -0.05) is 35.4 Å². The summed E-state index contributed by atoms with van der Waals surface area (Å²) in [6, 6.07) is 10.4. The zero-order valence-corrected chi connectivity index (χ0v) is 17.7. The van der Waals surface area contributed by atoms with Crippen LogP contribution >= 0.6 is 11.6 Å². The second-order valence-corrected chi connectivity index (χ2v) is 8.70. The van der Waals surface area contributed by atoms with Gasteiger partial charge in [0.2, 0.25) is 15.9 Å². The Morgan fingerprint density at radius 2 is 1.68 bits per heavy atom. The van der Waals surface area contributed by atoms with Gasteiger partial charge < -0.3 is 4.90 Å². The van der Waals surface area contributed by atoms with Gasteiger partial charge in [-0.15, -0.1) is 0 Å². The minimum Gasteiger partial charge on any atom is -0.342 e. The first-order valence-corrected chi connectivity index (χ1v) is 10.8. The Bertz CT molecular complexity index is 909. The van der Waals surface area contributed by atoms with E-state index in [0.29, 0.717) is 13.1 Å². The molecule has 0 spiro atoms. The summed E-state index contributed by atoms with van der Waals surface area (Å²) in [7, 11) is -4.03. The van der Waals surface area contributed by atoms with Crippen LogP contribution in [0.15, 0.2) is 47.4 Å². The molecule has 0 N–H and O–H groups in total. The summed E-state index contributed by atoms with van der Waals surface area (Å²) < 4.78 is 41.6. The molecule has 0 fully saturated rings. The number of aryl methyl sites for hydroxylation is 1. The van der Waals surface area contributed by atoms with Crippen LogP contribution in [0, 0.1) is 12.7 Å². The minimum absolute atomic E-state index is 0.0344. The molecule has 0 aliphatic heterocycles. The van der Waals surface area contributed by atoms with E-state index < -0.39 is 22.4 Å². The van der Waals surface area contributed by atoms with Gasteiger partial charge in [-0.05, 0) is 45.0 Å². The van der Waals surface area contributed by atoms with E-state index in [9.17, 15) is 17.6 Å². The van der Waals surface area contributed by atoms with Gasteiger partial charge in [0.1, 0.15) is 5.82 Å². The number of benzene rings is 2. The summed E-state index contributed by atoms with van der Waals surface area (Å²) in [5, 5.41) is 0.111. The number of hydrogen-bond donors (Lipinski definition) is 0. The molecule has 0 bridgehead atoms. The van der Waals surface area contributed by atoms with Crippen LogP contribution < -0.4 is 0 Å². The highest BCUT2D eigenvalue weighted by Crippen LogP contribution is 2.25. The monoisotopic (exact) mass is 426 g/mol. The van der Waals surface area contributed by atoms with Crippen molar-refractivity contribution in [2.24, 2.45) is 0 Å². The van der Waals surface area contributed by atoms with Gasteiger partial charge in [-0.3, -0.25) is 4.79 Å². The van der Waals surface area contributed by atoms with Crippen LogP contribution in [0.4, 0.5) is 4.39 Å². The molecule has 0 saturated carbocycles. The first-order chi connectivity index (χ1) is 13.2. The Morgan fingerprint density at radius 1 is 1.07 bits per heavy atom. The van der Waals surface area contributed by atoms with Crippen LogP contribution in [-0.2, 0) is 21.4 Å². The Morgan fingerprint density at radius 3 is 2.21 bits per heavy atom. The molecule has 28 heavy (non-hydrogen) atoms. The molecule has 152 valence electrons. The highest BCUT2D eigenvalue weighted by Gasteiger charge is 2.29. The molecule has 0 aromatic heterocycles. The van der Waals surface area contributed by atoms with Crippen LogP contribution in [-0.4, -0.2) is 43.2 Å². The van der Waals surface area contributed by atoms with Crippen LogP contribution in [0.3, 0.4) is 0 Å². The maximum absolute atomic E-state index is 14.3.